The van der Waals surface area contributed by atoms with Gasteiger partial charge in [-0.15, -0.1) is 0 Å². The summed E-state index contributed by atoms with van der Waals surface area (Å²) < 4.78 is 11.6. The van der Waals surface area contributed by atoms with E-state index in [0.717, 1.165) is 24.4 Å². The SMILES string of the molecule is Cc1oc2ccccc2c1C(CN)N(C)C1CCOC1C. The molecule has 2 N–H and O–H groups in total. The monoisotopic (exact) mass is 288 g/mol. The molecule has 4 heteroatoms. The van der Waals surface area contributed by atoms with Gasteiger partial charge in [-0.2, -0.15) is 0 Å². The minimum atomic E-state index is 0.155. The smallest absolute Gasteiger partial charge is 0.134 e. The van der Waals surface area contributed by atoms with Crippen LogP contribution in [0.25, 0.3) is 11.0 Å². The zero-order chi connectivity index (χ0) is 15.0. The van der Waals surface area contributed by atoms with E-state index in [1.54, 1.807) is 0 Å². The first-order valence-corrected chi connectivity index (χ1v) is 7.65. The fourth-order valence-corrected chi connectivity index (χ4v) is 3.58. The predicted molar refractivity (Wildman–Crippen MR) is 84.3 cm³/mol. The molecule has 4 nitrogen and oxygen atoms in total. The van der Waals surface area contributed by atoms with Crippen LogP contribution < -0.4 is 5.73 Å². The maximum Gasteiger partial charge on any atom is 0.134 e. The highest BCUT2D eigenvalue weighted by molar-refractivity contribution is 5.82. The standard InChI is InChI=1S/C17H24N2O2/c1-11-14(8-9-20-11)19(3)15(10-18)17-12(2)21-16-7-5-4-6-13(16)17/h4-7,11,14-15H,8-10,18H2,1-3H3. The Labute approximate surface area is 125 Å². The third-order valence-corrected chi connectivity index (χ3v) is 4.73. The average Bonchev–Trinajstić information content (AvgIpc) is 3.04. The van der Waals surface area contributed by atoms with E-state index in [9.17, 15) is 0 Å². The average molecular weight is 288 g/mol. The van der Waals surface area contributed by atoms with Crippen molar-refractivity contribution in [1.82, 2.24) is 4.90 Å². The zero-order valence-corrected chi connectivity index (χ0v) is 13.0. The Morgan fingerprint density at radius 3 is 2.81 bits per heavy atom. The molecule has 3 atom stereocenters. The summed E-state index contributed by atoms with van der Waals surface area (Å²) in [5, 5.41) is 1.17. The fourth-order valence-electron chi connectivity index (χ4n) is 3.58. The number of likely N-dealkylation sites (N-methyl/N-ethyl adjacent to an activating group) is 1. The summed E-state index contributed by atoms with van der Waals surface area (Å²) >= 11 is 0. The third-order valence-electron chi connectivity index (χ3n) is 4.73. The lowest BCUT2D eigenvalue weighted by molar-refractivity contribution is 0.0685. The van der Waals surface area contributed by atoms with Crippen molar-refractivity contribution in [2.24, 2.45) is 5.73 Å². The number of benzene rings is 1. The summed E-state index contributed by atoms with van der Waals surface area (Å²) in [4.78, 5) is 2.36. The number of nitrogens with zero attached hydrogens (tertiary/aromatic N) is 1. The van der Waals surface area contributed by atoms with Gasteiger partial charge in [-0.25, -0.2) is 0 Å². The van der Waals surface area contributed by atoms with Gasteiger partial charge in [-0.05, 0) is 33.4 Å². The van der Waals surface area contributed by atoms with Gasteiger partial charge < -0.3 is 14.9 Å². The number of rotatable bonds is 4. The molecule has 1 aromatic heterocycles. The van der Waals surface area contributed by atoms with Gasteiger partial charge in [0.1, 0.15) is 11.3 Å². The summed E-state index contributed by atoms with van der Waals surface area (Å²) in [7, 11) is 2.15. The van der Waals surface area contributed by atoms with Crippen LogP contribution in [0.15, 0.2) is 28.7 Å². The molecule has 3 rings (SSSR count). The molecule has 1 saturated heterocycles. The Morgan fingerprint density at radius 1 is 1.38 bits per heavy atom. The third kappa shape index (κ3) is 2.48. The van der Waals surface area contributed by atoms with Crippen molar-refractivity contribution in [3.05, 3.63) is 35.6 Å². The van der Waals surface area contributed by atoms with Crippen molar-refractivity contribution in [3.8, 4) is 0 Å². The number of nitrogens with two attached hydrogens (primary N) is 1. The van der Waals surface area contributed by atoms with E-state index in [0.29, 0.717) is 12.6 Å². The molecule has 21 heavy (non-hydrogen) atoms. The van der Waals surface area contributed by atoms with Gasteiger partial charge in [0.15, 0.2) is 0 Å². The summed E-state index contributed by atoms with van der Waals surface area (Å²) in [5.41, 5.74) is 8.27. The number of para-hydroxylation sites is 1. The van der Waals surface area contributed by atoms with Gasteiger partial charge in [0, 0.05) is 30.1 Å². The Hall–Kier alpha value is -1.36. The summed E-state index contributed by atoms with van der Waals surface area (Å²) in [5.74, 6) is 0.963. The fraction of sp³-hybridized carbons (Fsp3) is 0.529. The Bertz CT molecular complexity index is 622. The Balaban J connectivity index is 2.00. The molecule has 2 aromatic rings. The number of ether oxygens (including phenoxy) is 1. The largest absolute Gasteiger partial charge is 0.461 e. The minimum Gasteiger partial charge on any atom is -0.461 e. The number of fused-ring (bicyclic) bond motifs is 1. The molecule has 0 amide bonds. The Kier molecular flexibility index (Phi) is 4.02. The van der Waals surface area contributed by atoms with Crippen LogP contribution in [0.3, 0.4) is 0 Å². The second kappa shape index (κ2) is 5.79. The summed E-state index contributed by atoms with van der Waals surface area (Å²) in [6.45, 7) is 5.57. The first kappa shape index (κ1) is 14.6. The number of hydrogen-bond acceptors (Lipinski definition) is 4. The van der Waals surface area contributed by atoms with Crippen LogP contribution in [-0.4, -0.2) is 37.2 Å². The highest BCUT2D eigenvalue weighted by Gasteiger charge is 2.33. The van der Waals surface area contributed by atoms with Crippen molar-refractivity contribution in [1.29, 1.82) is 0 Å². The quantitative estimate of drug-likeness (QED) is 0.940. The molecule has 3 unspecified atom stereocenters. The van der Waals surface area contributed by atoms with Crippen molar-refractivity contribution >= 4 is 11.0 Å². The van der Waals surface area contributed by atoms with Crippen molar-refractivity contribution in [2.75, 3.05) is 20.2 Å². The lowest BCUT2D eigenvalue weighted by Crippen LogP contribution is -2.42. The van der Waals surface area contributed by atoms with Crippen LogP contribution in [0.2, 0.25) is 0 Å². The second-order valence-corrected chi connectivity index (χ2v) is 5.92. The van der Waals surface area contributed by atoms with Crippen molar-refractivity contribution in [2.45, 2.75) is 38.5 Å². The van der Waals surface area contributed by atoms with Gasteiger partial charge in [-0.3, -0.25) is 4.90 Å². The van der Waals surface area contributed by atoms with E-state index in [-0.39, 0.29) is 12.1 Å². The lowest BCUT2D eigenvalue weighted by atomic mass is 9.99. The first-order valence-electron chi connectivity index (χ1n) is 7.65. The molecule has 0 radical (unpaired) electrons. The Morgan fingerprint density at radius 2 is 2.14 bits per heavy atom. The van der Waals surface area contributed by atoms with E-state index in [1.165, 1.54) is 10.9 Å². The molecule has 1 aliphatic rings. The van der Waals surface area contributed by atoms with Gasteiger partial charge in [-0.1, -0.05) is 18.2 Å². The van der Waals surface area contributed by atoms with Crippen LogP contribution in [-0.2, 0) is 4.74 Å². The van der Waals surface area contributed by atoms with E-state index >= 15 is 0 Å². The van der Waals surface area contributed by atoms with Crippen molar-refractivity contribution in [3.63, 3.8) is 0 Å². The molecule has 114 valence electrons. The topological polar surface area (TPSA) is 51.6 Å². The number of aryl methyl sites for hydroxylation is 1. The molecule has 0 aliphatic carbocycles. The molecule has 0 spiro atoms. The number of hydrogen-bond donors (Lipinski definition) is 1. The minimum absolute atomic E-state index is 0.155. The van der Waals surface area contributed by atoms with Crippen LogP contribution in [0.1, 0.15) is 30.7 Å². The molecule has 0 bridgehead atoms. The van der Waals surface area contributed by atoms with Crippen LogP contribution in [0, 0.1) is 6.92 Å². The van der Waals surface area contributed by atoms with Crippen molar-refractivity contribution < 1.29 is 9.15 Å². The summed E-state index contributed by atoms with van der Waals surface area (Å²) in [6.07, 6.45) is 1.31. The maximum atomic E-state index is 6.11. The normalized spacial score (nSPS) is 24.0. The van der Waals surface area contributed by atoms with Crippen LogP contribution in [0.4, 0.5) is 0 Å². The second-order valence-electron chi connectivity index (χ2n) is 5.92. The van der Waals surface area contributed by atoms with Gasteiger partial charge in [0.25, 0.3) is 0 Å². The first-order chi connectivity index (χ1) is 10.1. The van der Waals surface area contributed by atoms with Gasteiger partial charge >= 0.3 is 0 Å². The highest BCUT2D eigenvalue weighted by Crippen LogP contribution is 2.35. The summed E-state index contributed by atoms with van der Waals surface area (Å²) in [6, 6.07) is 8.75. The van der Waals surface area contributed by atoms with Gasteiger partial charge in [0.2, 0.25) is 0 Å². The predicted octanol–water partition coefficient (Wildman–Crippen LogP) is 2.85. The highest BCUT2D eigenvalue weighted by atomic mass is 16.5. The van der Waals surface area contributed by atoms with E-state index in [1.807, 2.05) is 19.1 Å². The van der Waals surface area contributed by atoms with E-state index in [4.69, 9.17) is 14.9 Å². The van der Waals surface area contributed by atoms with E-state index in [2.05, 4.69) is 31.0 Å². The van der Waals surface area contributed by atoms with Gasteiger partial charge in [0.05, 0.1) is 12.1 Å². The zero-order valence-electron chi connectivity index (χ0n) is 13.0. The molecule has 1 aliphatic heterocycles. The molecule has 0 saturated carbocycles. The molecular formula is C17H24N2O2. The maximum absolute atomic E-state index is 6.11. The molecule has 2 heterocycles. The van der Waals surface area contributed by atoms with E-state index < -0.39 is 0 Å². The van der Waals surface area contributed by atoms with Crippen LogP contribution >= 0.6 is 0 Å². The lowest BCUT2D eigenvalue weighted by Gasteiger charge is -2.34. The number of furan rings is 1. The molecule has 1 aromatic carbocycles. The molecular weight excluding hydrogens is 264 g/mol. The molecule has 1 fully saturated rings. The van der Waals surface area contributed by atoms with Crippen LogP contribution in [0.5, 0.6) is 0 Å².